The van der Waals surface area contributed by atoms with Gasteiger partial charge in [-0.15, -0.1) is 0 Å². The van der Waals surface area contributed by atoms with Gasteiger partial charge in [-0.1, -0.05) is 35.9 Å². The third-order valence-corrected chi connectivity index (χ3v) is 7.23. The summed E-state index contributed by atoms with van der Waals surface area (Å²) in [5.41, 5.74) is 3.07. The molecule has 156 valence electrons. The number of hydrogen-bond donors (Lipinski definition) is 1. The summed E-state index contributed by atoms with van der Waals surface area (Å²) >= 11 is 0. The number of sulfonamides is 1. The van der Waals surface area contributed by atoms with Crippen LogP contribution in [0.15, 0.2) is 47.4 Å². The molecule has 2 aromatic carbocycles. The Kier molecular flexibility index (Phi) is 6.59. The molecule has 1 N–H and O–H groups in total. The number of aryl methyl sites for hydroxylation is 2. The number of rotatable bonds is 6. The molecular formula is C22H28N2O4S. The summed E-state index contributed by atoms with van der Waals surface area (Å²) in [6.45, 7) is 5.00. The van der Waals surface area contributed by atoms with Crippen molar-refractivity contribution in [2.24, 2.45) is 5.92 Å². The first-order valence-electron chi connectivity index (χ1n) is 9.79. The molecule has 6 nitrogen and oxygen atoms in total. The van der Waals surface area contributed by atoms with Crippen LogP contribution in [0, 0.1) is 19.8 Å². The first-order chi connectivity index (χ1) is 13.8. The number of ether oxygens (including phenoxy) is 1. The fourth-order valence-electron chi connectivity index (χ4n) is 3.64. The Morgan fingerprint density at radius 1 is 1.10 bits per heavy atom. The van der Waals surface area contributed by atoms with Crippen molar-refractivity contribution < 1.29 is 17.9 Å². The normalized spacial score (nSPS) is 15.8. The van der Waals surface area contributed by atoms with Crippen LogP contribution in [0.2, 0.25) is 0 Å². The first-order valence-corrected chi connectivity index (χ1v) is 11.2. The number of carbonyl (C=O) groups excluding carboxylic acids is 1. The largest absolute Gasteiger partial charge is 0.495 e. The van der Waals surface area contributed by atoms with Gasteiger partial charge in [0, 0.05) is 25.6 Å². The maximum Gasteiger partial charge on any atom is 0.246 e. The lowest BCUT2D eigenvalue weighted by Crippen LogP contribution is -2.42. The molecule has 1 aliphatic rings. The third-order valence-electron chi connectivity index (χ3n) is 5.31. The van der Waals surface area contributed by atoms with Crippen LogP contribution in [-0.2, 0) is 21.4 Å². The van der Waals surface area contributed by atoms with E-state index in [1.54, 1.807) is 12.1 Å². The minimum absolute atomic E-state index is 0.0170. The standard InChI is InChI=1S/C22H28N2O4S/c1-16-5-4-6-18(13-16)15-23-22(25)19-9-11-24(12-10-19)29(26,27)21-14-17(2)7-8-20(21)28-3/h4-8,13-14,19H,9-12,15H2,1-3H3,(H,23,25). The Hall–Kier alpha value is -2.38. The van der Waals surface area contributed by atoms with E-state index in [2.05, 4.69) is 5.32 Å². The van der Waals surface area contributed by atoms with Crippen molar-refractivity contribution >= 4 is 15.9 Å². The van der Waals surface area contributed by atoms with Crippen LogP contribution in [0.1, 0.15) is 29.5 Å². The van der Waals surface area contributed by atoms with Gasteiger partial charge in [0.05, 0.1) is 7.11 Å². The van der Waals surface area contributed by atoms with Crippen molar-refractivity contribution in [1.29, 1.82) is 0 Å². The molecule has 0 unspecified atom stereocenters. The number of hydrogen-bond acceptors (Lipinski definition) is 4. The van der Waals surface area contributed by atoms with Crippen molar-refractivity contribution in [3.63, 3.8) is 0 Å². The molecule has 2 aromatic rings. The zero-order valence-electron chi connectivity index (χ0n) is 17.1. The topological polar surface area (TPSA) is 75.7 Å². The second-order valence-corrected chi connectivity index (χ2v) is 9.45. The summed E-state index contributed by atoms with van der Waals surface area (Å²) in [5, 5.41) is 2.98. The van der Waals surface area contributed by atoms with E-state index in [9.17, 15) is 13.2 Å². The van der Waals surface area contributed by atoms with Crippen LogP contribution in [0.5, 0.6) is 5.75 Å². The highest BCUT2D eigenvalue weighted by Crippen LogP contribution is 2.30. The van der Waals surface area contributed by atoms with Crippen LogP contribution < -0.4 is 10.1 Å². The minimum Gasteiger partial charge on any atom is -0.495 e. The lowest BCUT2D eigenvalue weighted by molar-refractivity contribution is -0.126. The highest BCUT2D eigenvalue weighted by atomic mass is 32.2. The number of methoxy groups -OCH3 is 1. The molecule has 0 aromatic heterocycles. The van der Waals surface area contributed by atoms with Crippen LogP contribution in [0.25, 0.3) is 0 Å². The molecule has 3 rings (SSSR count). The molecule has 0 bridgehead atoms. The van der Waals surface area contributed by atoms with Gasteiger partial charge in [0.2, 0.25) is 15.9 Å². The highest BCUT2D eigenvalue weighted by molar-refractivity contribution is 7.89. The SMILES string of the molecule is COc1ccc(C)cc1S(=O)(=O)N1CCC(C(=O)NCc2cccc(C)c2)CC1. The molecule has 0 radical (unpaired) electrons. The summed E-state index contributed by atoms with van der Waals surface area (Å²) in [6.07, 6.45) is 1.01. The van der Waals surface area contributed by atoms with Crippen LogP contribution in [0.4, 0.5) is 0 Å². The number of amides is 1. The van der Waals surface area contributed by atoms with Crippen LogP contribution in [-0.4, -0.2) is 38.8 Å². The van der Waals surface area contributed by atoms with E-state index in [4.69, 9.17) is 4.74 Å². The Labute approximate surface area is 172 Å². The highest BCUT2D eigenvalue weighted by Gasteiger charge is 2.33. The average Bonchev–Trinajstić information content (AvgIpc) is 2.72. The van der Waals surface area contributed by atoms with Gasteiger partial charge in [-0.25, -0.2) is 8.42 Å². The average molecular weight is 417 g/mol. The number of nitrogens with zero attached hydrogens (tertiary/aromatic N) is 1. The molecule has 1 amide bonds. The van der Waals surface area contributed by atoms with Crippen molar-refractivity contribution in [2.75, 3.05) is 20.2 Å². The van der Waals surface area contributed by atoms with E-state index in [0.29, 0.717) is 38.2 Å². The van der Waals surface area contributed by atoms with Crippen molar-refractivity contribution in [2.45, 2.75) is 38.1 Å². The molecule has 1 fully saturated rings. The number of nitrogens with one attached hydrogen (secondary N) is 1. The van der Waals surface area contributed by atoms with Gasteiger partial charge in [-0.05, 0) is 49.9 Å². The summed E-state index contributed by atoms with van der Waals surface area (Å²) in [5.74, 6) is 0.149. The third kappa shape index (κ3) is 4.97. The maximum absolute atomic E-state index is 13.1. The number of piperidine rings is 1. The summed E-state index contributed by atoms with van der Waals surface area (Å²) in [4.78, 5) is 12.7. The Morgan fingerprint density at radius 2 is 1.79 bits per heavy atom. The molecule has 0 aliphatic carbocycles. The van der Waals surface area contributed by atoms with Crippen molar-refractivity contribution in [1.82, 2.24) is 9.62 Å². The van der Waals surface area contributed by atoms with Gasteiger partial charge >= 0.3 is 0 Å². The fraction of sp³-hybridized carbons (Fsp3) is 0.409. The Bertz CT molecular complexity index is 980. The molecule has 7 heteroatoms. The van der Waals surface area contributed by atoms with Gasteiger partial charge in [0.15, 0.2) is 0 Å². The molecule has 0 saturated carbocycles. The molecule has 1 heterocycles. The summed E-state index contributed by atoms with van der Waals surface area (Å²) in [7, 11) is -2.19. The van der Waals surface area contributed by atoms with Crippen molar-refractivity contribution in [3.8, 4) is 5.75 Å². The molecule has 1 aliphatic heterocycles. The zero-order valence-corrected chi connectivity index (χ0v) is 18.0. The number of benzene rings is 2. The summed E-state index contributed by atoms with van der Waals surface area (Å²) < 4.78 is 32.9. The lowest BCUT2D eigenvalue weighted by Gasteiger charge is -2.31. The second-order valence-electron chi connectivity index (χ2n) is 7.54. The smallest absolute Gasteiger partial charge is 0.246 e. The zero-order chi connectivity index (χ0) is 21.0. The van der Waals surface area contributed by atoms with E-state index < -0.39 is 10.0 Å². The van der Waals surface area contributed by atoms with E-state index in [0.717, 1.165) is 16.7 Å². The van der Waals surface area contributed by atoms with Crippen LogP contribution >= 0.6 is 0 Å². The predicted octanol–water partition coefficient (Wildman–Crippen LogP) is 3.03. The van der Waals surface area contributed by atoms with Gasteiger partial charge in [-0.2, -0.15) is 4.31 Å². The Balaban J connectivity index is 1.61. The Morgan fingerprint density at radius 3 is 2.45 bits per heavy atom. The molecular weight excluding hydrogens is 388 g/mol. The second kappa shape index (κ2) is 8.97. The fourth-order valence-corrected chi connectivity index (χ4v) is 5.35. The van der Waals surface area contributed by atoms with E-state index in [1.165, 1.54) is 11.4 Å². The molecule has 1 saturated heterocycles. The van der Waals surface area contributed by atoms with E-state index in [1.807, 2.05) is 44.2 Å². The maximum atomic E-state index is 13.1. The van der Waals surface area contributed by atoms with E-state index >= 15 is 0 Å². The van der Waals surface area contributed by atoms with Gasteiger partial charge < -0.3 is 10.1 Å². The lowest BCUT2D eigenvalue weighted by atomic mass is 9.97. The van der Waals surface area contributed by atoms with Crippen LogP contribution in [0.3, 0.4) is 0 Å². The quantitative estimate of drug-likeness (QED) is 0.785. The summed E-state index contributed by atoms with van der Waals surface area (Å²) in [6, 6.07) is 13.2. The van der Waals surface area contributed by atoms with Gasteiger partial charge in [0.25, 0.3) is 0 Å². The minimum atomic E-state index is -3.66. The monoisotopic (exact) mass is 416 g/mol. The van der Waals surface area contributed by atoms with E-state index in [-0.39, 0.29) is 16.7 Å². The molecule has 0 spiro atoms. The van der Waals surface area contributed by atoms with Gasteiger partial charge in [0.1, 0.15) is 10.6 Å². The molecule has 29 heavy (non-hydrogen) atoms. The first kappa shape index (κ1) is 21.3. The van der Waals surface area contributed by atoms with Crippen molar-refractivity contribution in [3.05, 3.63) is 59.2 Å². The number of carbonyl (C=O) groups is 1. The predicted molar refractivity (Wildman–Crippen MR) is 112 cm³/mol. The van der Waals surface area contributed by atoms with Gasteiger partial charge in [-0.3, -0.25) is 4.79 Å². The molecule has 0 atom stereocenters.